The van der Waals surface area contributed by atoms with Gasteiger partial charge in [-0.25, -0.2) is 4.39 Å². The molecule has 4 heteroatoms. The first-order valence-corrected chi connectivity index (χ1v) is 5.89. The van der Waals surface area contributed by atoms with Crippen LogP contribution in [0.15, 0.2) is 22.0 Å². The standard InChI is InChI=1S/C10H8BrFOS/c1-2-13-10-6-3-4-14-8(6)5-7(11)9(10)12/h3-5H,2H2,1H3. The molecule has 0 saturated heterocycles. The Labute approximate surface area is 93.6 Å². The van der Waals surface area contributed by atoms with Crippen LogP contribution in [0.1, 0.15) is 6.92 Å². The van der Waals surface area contributed by atoms with Crippen molar-refractivity contribution in [2.45, 2.75) is 6.92 Å². The summed E-state index contributed by atoms with van der Waals surface area (Å²) in [5.74, 6) is 0.0240. The highest BCUT2D eigenvalue weighted by molar-refractivity contribution is 9.10. The van der Waals surface area contributed by atoms with Crippen molar-refractivity contribution in [1.29, 1.82) is 0 Å². The fourth-order valence-corrected chi connectivity index (χ4v) is 2.70. The van der Waals surface area contributed by atoms with Gasteiger partial charge in [0.05, 0.1) is 11.1 Å². The van der Waals surface area contributed by atoms with Gasteiger partial charge in [0.1, 0.15) is 0 Å². The summed E-state index contributed by atoms with van der Waals surface area (Å²) in [6, 6.07) is 3.65. The monoisotopic (exact) mass is 274 g/mol. The minimum Gasteiger partial charge on any atom is -0.490 e. The van der Waals surface area contributed by atoms with Gasteiger partial charge < -0.3 is 4.74 Å². The van der Waals surface area contributed by atoms with Crippen molar-refractivity contribution >= 4 is 37.4 Å². The quantitative estimate of drug-likeness (QED) is 0.798. The largest absolute Gasteiger partial charge is 0.490 e. The third-order valence-corrected chi connectivity index (χ3v) is 3.34. The van der Waals surface area contributed by atoms with Gasteiger partial charge in [0, 0.05) is 10.1 Å². The molecule has 0 aliphatic heterocycles. The first kappa shape index (κ1) is 9.93. The second-order valence-electron chi connectivity index (χ2n) is 2.77. The molecule has 2 aromatic rings. The second kappa shape index (κ2) is 3.87. The van der Waals surface area contributed by atoms with Crippen molar-refractivity contribution in [2.75, 3.05) is 6.61 Å². The van der Waals surface area contributed by atoms with E-state index in [1.165, 1.54) is 0 Å². The third kappa shape index (κ3) is 1.53. The van der Waals surface area contributed by atoms with Gasteiger partial charge in [-0.1, -0.05) is 0 Å². The van der Waals surface area contributed by atoms with Crippen molar-refractivity contribution in [3.63, 3.8) is 0 Å². The number of thiophene rings is 1. The number of fused-ring (bicyclic) bond motifs is 1. The van der Waals surface area contributed by atoms with Crippen LogP contribution in [0, 0.1) is 5.82 Å². The summed E-state index contributed by atoms with van der Waals surface area (Å²) in [4.78, 5) is 0. The van der Waals surface area contributed by atoms with Crippen molar-refractivity contribution < 1.29 is 9.13 Å². The van der Waals surface area contributed by atoms with E-state index < -0.39 is 0 Å². The molecule has 0 unspecified atom stereocenters. The van der Waals surface area contributed by atoms with E-state index in [0.29, 0.717) is 16.8 Å². The van der Waals surface area contributed by atoms with Crippen LogP contribution in [-0.4, -0.2) is 6.61 Å². The fourth-order valence-electron chi connectivity index (χ4n) is 1.31. The number of hydrogen-bond acceptors (Lipinski definition) is 2. The Kier molecular flexibility index (Phi) is 2.74. The lowest BCUT2D eigenvalue weighted by molar-refractivity contribution is 0.325. The molecule has 14 heavy (non-hydrogen) atoms. The Morgan fingerprint density at radius 2 is 2.36 bits per heavy atom. The van der Waals surface area contributed by atoms with Crippen LogP contribution >= 0.6 is 27.3 Å². The van der Waals surface area contributed by atoms with E-state index in [0.717, 1.165) is 10.1 Å². The molecule has 2 rings (SSSR count). The molecule has 0 saturated carbocycles. The highest BCUT2D eigenvalue weighted by Gasteiger charge is 2.13. The maximum absolute atomic E-state index is 13.6. The number of rotatable bonds is 2. The van der Waals surface area contributed by atoms with E-state index in [1.54, 1.807) is 17.4 Å². The number of hydrogen-bond donors (Lipinski definition) is 0. The highest BCUT2D eigenvalue weighted by Crippen LogP contribution is 2.36. The van der Waals surface area contributed by atoms with Crippen LogP contribution in [-0.2, 0) is 0 Å². The molecular weight excluding hydrogens is 267 g/mol. The summed E-state index contributed by atoms with van der Waals surface area (Å²) in [6.07, 6.45) is 0. The summed E-state index contributed by atoms with van der Waals surface area (Å²) >= 11 is 4.75. The summed E-state index contributed by atoms with van der Waals surface area (Å²) in [6.45, 7) is 2.32. The summed E-state index contributed by atoms with van der Waals surface area (Å²) in [5, 5.41) is 2.77. The van der Waals surface area contributed by atoms with Gasteiger partial charge >= 0.3 is 0 Å². The molecule has 1 nitrogen and oxygen atoms in total. The molecule has 1 aromatic carbocycles. The predicted molar refractivity (Wildman–Crippen MR) is 60.7 cm³/mol. The van der Waals surface area contributed by atoms with Crippen LogP contribution in [0.25, 0.3) is 10.1 Å². The van der Waals surface area contributed by atoms with Crippen LogP contribution in [0.3, 0.4) is 0 Å². The topological polar surface area (TPSA) is 9.23 Å². The lowest BCUT2D eigenvalue weighted by Gasteiger charge is -2.07. The molecule has 0 N–H and O–H groups in total. The van der Waals surface area contributed by atoms with Gasteiger partial charge in [-0.15, -0.1) is 11.3 Å². The van der Waals surface area contributed by atoms with Gasteiger partial charge in [-0.2, -0.15) is 0 Å². The number of halogens is 2. The Hall–Kier alpha value is -0.610. The number of ether oxygens (including phenoxy) is 1. The van der Waals surface area contributed by atoms with Crippen LogP contribution in [0.5, 0.6) is 5.75 Å². The molecule has 0 radical (unpaired) electrons. The van der Waals surface area contributed by atoms with E-state index in [-0.39, 0.29) is 5.82 Å². The molecule has 0 spiro atoms. The van der Waals surface area contributed by atoms with Crippen LogP contribution in [0.4, 0.5) is 4.39 Å². The zero-order chi connectivity index (χ0) is 10.1. The van der Waals surface area contributed by atoms with E-state index >= 15 is 0 Å². The first-order valence-electron chi connectivity index (χ1n) is 4.22. The molecule has 0 fully saturated rings. The normalized spacial score (nSPS) is 10.8. The Balaban J connectivity index is 2.73. The maximum Gasteiger partial charge on any atom is 0.179 e. The molecule has 0 aliphatic rings. The van der Waals surface area contributed by atoms with Crippen molar-refractivity contribution in [1.82, 2.24) is 0 Å². The molecule has 0 bridgehead atoms. The summed E-state index contributed by atoms with van der Waals surface area (Å²) < 4.78 is 20.4. The number of benzene rings is 1. The van der Waals surface area contributed by atoms with Crippen molar-refractivity contribution in [2.24, 2.45) is 0 Å². The minimum atomic E-state index is -0.322. The predicted octanol–water partition coefficient (Wildman–Crippen LogP) is 4.20. The van der Waals surface area contributed by atoms with Gasteiger partial charge in [0.25, 0.3) is 0 Å². The zero-order valence-corrected chi connectivity index (χ0v) is 9.91. The molecule has 74 valence electrons. The first-order chi connectivity index (χ1) is 6.74. The maximum atomic E-state index is 13.6. The molecule has 0 aliphatic carbocycles. The second-order valence-corrected chi connectivity index (χ2v) is 4.57. The smallest absolute Gasteiger partial charge is 0.179 e. The molecule has 1 aromatic heterocycles. The SMILES string of the molecule is CCOc1c(F)c(Br)cc2sccc12. The van der Waals surface area contributed by atoms with Crippen molar-refractivity contribution in [3.8, 4) is 5.75 Å². The molecular formula is C10H8BrFOS. The Morgan fingerprint density at radius 1 is 1.57 bits per heavy atom. The molecule has 0 amide bonds. The average Bonchev–Trinajstić information content (AvgIpc) is 2.60. The van der Waals surface area contributed by atoms with Gasteiger partial charge in [0.15, 0.2) is 11.6 Å². The van der Waals surface area contributed by atoms with Crippen LogP contribution in [0.2, 0.25) is 0 Å². The van der Waals surface area contributed by atoms with E-state index in [4.69, 9.17) is 4.74 Å². The average molecular weight is 275 g/mol. The lowest BCUT2D eigenvalue weighted by atomic mass is 10.2. The third-order valence-electron chi connectivity index (χ3n) is 1.90. The Bertz CT molecular complexity index is 466. The van der Waals surface area contributed by atoms with E-state index in [2.05, 4.69) is 15.9 Å². The van der Waals surface area contributed by atoms with E-state index in [1.807, 2.05) is 18.4 Å². The lowest BCUT2D eigenvalue weighted by Crippen LogP contribution is -1.95. The fraction of sp³-hybridized carbons (Fsp3) is 0.200. The summed E-state index contributed by atoms with van der Waals surface area (Å²) in [7, 11) is 0. The minimum absolute atomic E-state index is 0.322. The van der Waals surface area contributed by atoms with Gasteiger partial charge in [-0.3, -0.25) is 0 Å². The molecule has 1 heterocycles. The molecule has 0 atom stereocenters. The van der Waals surface area contributed by atoms with E-state index in [9.17, 15) is 4.39 Å². The summed E-state index contributed by atoms with van der Waals surface area (Å²) in [5.41, 5.74) is 0. The zero-order valence-electron chi connectivity index (χ0n) is 7.51. The van der Waals surface area contributed by atoms with Crippen molar-refractivity contribution in [3.05, 3.63) is 27.8 Å². The Morgan fingerprint density at radius 3 is 3.07 bits per heavy atom. The van der Waals surface area contributed by atoms with Crippen LogP contribution < -0.4 is 4.74 Å². The van der Waals surface area contributed by atoms with Gasteiger partial charge in [0.2, 0.25) is 0 Å². The van der Waals surface area contributed by atoms with Gasteiger partial charge in [-0.05, 0) is 40.4 Å². The highest BCUT2D eigenvalue weighted by atomic mass is 79.9.